The van der Waals surface area contributed by atoms with Crippen LogP contribution < -0.4 is 45.1 Å². The standard InChI is InChI=1S/C49H31BN2O6/c1-28-20-37-47-38(21-28)52(36-25-44-42(54-27-56-44)23-34(36)30-14-6-3-7-15-30)49-46(32-17-9-11-19-40(32)58-49)50(47)45-31-16-8-10-18-39(31)57-48(45)51(37)35-24-43-41(53-26-55-43)22-33(35)29-12-4-2-5-13-29/h2-25H,26-27H2,1H3. The number of hydrogen-bond acceptors (Lipinski definition) is 8. The van der Waals surface area contributed by atoms with Gasteiger partial charge in [0.1, 0.15) is 11.2 Å². The first kappa shape index (κ1) is 31.7. The van der Waals surface area contributed by atoms with Gasteiger partial charge in [0.15, 0.2) is 23.0 Å². The van der Waals surface area contributed by atoms with Crippen molar-refractivity contribution in [2.75, 3.05) is 23.4 Å². The Bertz CT molecular complexity index is 2970. The molecule has 0 amide bonds. The number of hydrogen-bond donors (Lipinski definition) is 0. The molecule has 2 aromatic heterocycles. The maximum Gasteiger partial charge on any atom is 0.262 e. The van der Waals surface area contributed by atoms with Gasteiger partial charge < -0.3 is 27.8 Å². The van der Waals surface area contributed by atoms with Gasteiger partial charge in [-0.05, 0) is 65.5 Å². The van der Waals surface area contributed by atoms with Crippen LogP contribution >= 0.6 is 0 Å². The molecule has 58 heavy (non-hydrogen) atoms. The van der Waals surface area contributed by atoms with E-state index in [1.165, 1.54) is 0 Å². The van der Waals surface area contributed by atoms with Crippen LogP contribution in [0.3, 0.4) is 0 Å². The molecule has 0 aliphatic carbocycles. The molecule has 0 radical (unpaired) electrons. The zero-order valence-electron chi connectivity index (χ0n) is 31.2. The first-order chi connectivity index (χ1) is 28.7. The van der Waals surface area contributed by atoms with Crippen LogP contribution in [-0.4, -0.2) is 20.3 Å². The number of furan rings is 2. The Balaban J connectivity index is 1.18. The minimum Gasteiger partial charge on any atom is -0.454 e. The second-order valence-corrected chi connectivity index (χ2v) is 15.1. The quantitative estimate of drug-likeness (QED) is 0.165. The Morgan fingerprint density at radius 3 is 1.31 bits per heavy atom. The molecule has 4 aliphatic rings. The molecule has 0 atom stereocenters. The molecule has 6 heterocycles. The van der Waals surface area contributed by atoms with Crippen LogP contribution in [0.25, 0.3) is 44.2 Å². The summed E-state index contributed by atoms with van der Waals surface area (Å²) in [7, 11) is 0. The number of fused-ring (bicyclic) bond motifs is 10. The molecule has 4 aliphatic heterocycles. The van der Waals surface area contributed by atoms with E-state index in [0.717, 1.165) is 101 Å². The summed E-state index contributed by atoms with van der Waals surface area (Å²) in [5.41, 5.74) is 13.9. The van der Waals surface area contributed by atoms with Crippen molar-refractivity contribution in [1.29, 1.82) is 0 Å². The van der Waals surface area contributed by atoms with E-state index in [-0.39, 0.29) is 20.3 Å². The van der Waals surface area contributed by atoms with Crippen molar-refractivity contribution in [1.82, 2.24) is 0 Å². The lowest BCUT2D eigenvalue weighted by Gasteiger charge is -2.41. The lowest BCUT2D eigenvalue weighted by Crippen LogP contribution is -2.60. The molecular weight excluding hydrogens is 723 g/mol. The van der Waals surface area contributed by atoms with Crippen LogP contribution in [0, 0.1) is 6.92 Å². The van der Waals surface area contributed by atoms with E-state index in [1.807, 2.05) is 24.3 Å². The van der Waals surface area contributed by atoms with Gasteiger partial charge in [-0.1, -0.05) is 97.1 Å². The predicted molar refractivity (Wildman–Crippen MR) is 228 cm³/mol. The molecule has 9 aromatic rings. The first-order valence-electron chi connectivity index (χ1n) is 19.4. The van der Waals surface area contributed by atoms with Gasteiger partial charge in [0, 0.05) is 56.3 Å². The maximum absolute atomic E-state index is 7.08. The van der Waals surface area contributed by atoms with E-state index in [4.69, 9.17) is 27.8 Å². The van der Waals surface area contributed by atoms with E-state index in [1.54, 1.807) is 0 Å². The minimum atomic E-state index is -0.237. The monoisotopic (exact) mass is 754 g/mol. The third-order valence-corrected chi connectivity index (χ3v) is 11.9. The fourth-order valence-electron chi connectivity index (χ4n) is 9.48. The van der Waals surface area contributed by atoms with Crippen LogP contribution in [0.15, 0.2) is 154 Å². The number of nitrogens with zero attached hydrogens (tertiary/aromatic N) is 2. The van der Waals surface area contributed by atoms with Gasteiger partial charge in [-0.2, -0.15) is 0 Å². The Kier molecular flexibility index (Phi) is 6.42. The first-order valence-corrected chi connectivity index (χ1v) is 19.4. The van der Waals surface area contributed by atoms with Gasteiger partial charge in [0.2, 0.25) is 25.4 Å². The highest BCUT2D eigenvalue weighted by Gasteiger charge is 2.49. The molecule has 0 saturated heterocycles. The van der Waals surface area contributed by atoms with E-state index in [0.29, 0.717) is 23.0 Å². The normalized spacial score (nSPS) is 14.3. The molecule has 0 bridgehead atoms. The number of anilines is 6. The average Bonchev–Trinajstić information content (AvgIpc) is 4.08. The van der Waals surface area contributed by atoms with Crippen molar-refractivity contribution in [3.63, 3.8) is 0 Å². The maximum atomic E-state index is 7.08. The molecule has 0 unspecified atom stereocenters. The summed E-state index contributed by atoms with van der Waals surface area (Å²) in [5.74, 6) is 4.31. The molecule has 0 saturated carbocycles. The van der Waals surface area contributed by atoms with Gasteiger partial charge in [0.05, 0.1) is 11.4 Å². The van der Waals surface area contributed by atoms with Crippen molar-refractivity contribution in [2.45, 2.75) is 6.92 Å². The highest BCUT2D eigenvalue weighted by atomic mass is 16.7. The van der Waals surface area contributed by atoms with E-state index < -0.39 is 0 Å². The minimum absolute atomic E-state index is 0.162. The Morgan fingerprint density at radius 2 is 0.845 bits per heavy atom. The van der Waals surface area contributed by atoms with Crippen molar-refractivity contribution in [3.8, 4) is 45.3 Å². The Labute approximate surface area is 333 Å². The molecule has 0 fully saturated rings. The van der Waals surface area contributed by atoms with Crippen LogP contribution in [-0.2, 0) is 0 Å². The smallest absolute Gasteiger partial charge is 0.262 e. The third-order valence-electron chi connectivity index (χ3n) is 11.9. The second kappa shape index (κ2) is 11.8. The number of benzene rings is 7. The summed E-state index contributed by atoms with van der Waals surface area (Å²) < 4.78 is 38.3. The van der Waals surface area contributed by atoms with Crippen molar-refractivity contribution in [2.24, 2.45) is 0 Å². The van der Waals surface area contributed by atoms with Gasteiger partial charge >= 0.3 is 0 Å². The molecule has 0 spiro atoms. The fraction of sp³-hybridized carbons (Fsp3) is 0.0612. The predicted octanol–water partition coefficient (Wildman–Crippen LogP) is 10.4. The lowest BCUT2D eigenvalue weighted by molar-refractivity contribution is 0.173. The van der Waals surface area contributed by atoms with Gasteiger partial charge in [-0.15, -0.1) is 0 Å². The molecular formula is C49H31BN2O6. The number of aryl methyl sites for hydroxylation is 1. The SMILES string of the molecule is Cc1cc2c3c(c1)N(c1cc4c(cc1-c1ccccc1)OCO4)c1oc4ccccc4c1B3c1c(oc3ccccc13)N2c1cc2c(cc1-c1ccccc1)OCO2. The van der Waals surface area contributed by atoms with Crippen molar-refractivity contribution >= 4 is 79.6 Å². The highest BCUT2D eigenvalue weighted by Crippen LogP contribution is 2.54. The van der Waals surface area contributed by atoms with Gasteiger partial charge in [-0.25, -0.2) is 0 Å². The molecule has 13 rings (SSSR count). The summed E-state index contributed by atoms with van der Waals surface area (Å²) in [6.07, 6.45) is 0. The highest BCUT2D eigenvalue weighted by molar-refractivity contribution is 7.02. The summed E-state index contributed by atoms with van der Waals surface area (Å²) >= 11 is 0. The molecule has 276 valence electrons. The molecule has 0 N–H and O–H groups in total. The van der Waals surface area contributed by atoms with E-state index in [2.05, 4.69) is 138 Å². The topological polar surface area (TPSA) is 69.7 Å². The third kappa shape index (κ3) is 4.35. The van der Waals surface area contributed by atoms with E-state index >= 15 is 0 Å². The summed E-state index contributed by atoms with van der Waals surface area (Å²) in [4.78, 5) is 4.59. The van der Waals surface area contributed by atoms with E-state index in [9.17, 15) is 0 Å². The summed E-state index contributed by atoms with van der Waals surface area (Å²) in [5, 5.41) is 2.09. The summed E-state index contributed by atoms with van der Waals surface area (Å²) in [6, 6.07) is 50.5. The summed E-state index contributed by atoms with van der Waals surface area (Å²) in [6.45, 7) is 2.24. The zero-order chi connectivity index (χ0) is 38.1. The largest absolute Gasteiger partial charge is 0.454 e. The average molecular weight is 755 g/mol. The molecule has 8 nitrogen and oxygen atoms in total. The van der Waals surface area contributed by atoms with Gasteiger partial charge in [0.25, 0.3) is 6.71 Å². The van der Waals surface area contributed by atoms with Crippen LogP contribution in [0.4, 0.5) is 34.5 Å². The van der Waals surface area contributed by atoms with Crippen LogP contribution in [0.1, 0.15) is 5.56 Å². The Morgan fingerprint density at radius 1 is 0.431 bits per heavy atom. The fourth-order valence-corrected chi connectivity index (χ4v) is 9.48. The van der Waals surface area contributed by atoms with Crippen molar-refractivity contribution in [3.05, 3.63) is 151 Å². The number of ether oxygens (including phenoxy) is 4. The zero-order valence-corrected chi connectivity index (χ0v) is 31.2. The molecule has 9 heteroatoms. The van der Waals surface area contributed by atoms with Crippen LogP contribution in [0.5, 0.6) is 23.0 Å². The molecule has 7 aromatic carbocycles. The Hall–Kier alpha value is -7.52. The van der Waals surface area contributed by atoms with Crippen molar-refractivity contribution < 1.29 is 27.8 Å². The number of para-hydroxylation sites is 2. The van der Waals surface area contributed by atoms with Crippen LogP contribution in [0.2, 0.25) is 0 Å². The van der Waals surface area contributed by atoms with Gasteiger partial charge in [-0.3, -0.25) is 9.80 Å². The lowest BCUT2D eigenvalue weighted by atomic mass is 9.33. The second-order valence-electron chi connectivity index (χ2n) is 15.1. The number of rotatable bonds is 4.